The Balaban J connectivity index is 2.11. The zero-order chi connectivity index (χ0) is 13.8. The highest BCUT2D eigenvalue weighted by Crippen LogP contribution is 2.21. The largest absolute Gasteiger partial charge is 0.478 e. The van der Waals surface area contributed by atoms with Crippen LogP contribution in [0.15, 0.2) is 18.2 Å². The monoisotopic (exact) mass is 263 g/mol. The first-order chi connectivity index (χ1) is 9.08. The minimum Gasteiger partial charge on any atom is -0.478 e. The van der Waals surface area contributed by atoms with Gasteiger partial charge in [-0.1, -0.05) is 6.07 Å². The summed E-state index contributed by atoms with van der Waals surface area (Å²) in [7, 11) is 0. The average molecular weight is 263 g/mol. The molecule has 0 unspecified atom stereocenters. The molecule has 2 N–H and O–H groups in total. The summed E-state index contributed by atoms with van der Waals surface area (Å²) in [4.78, 5) is 23.0. The van der Waals surface area contributed by atoms with E-state index < -0.39 is 5.97 Å². The second kappa shape index (κ2) is 5.84. The van der Waals surface area contributed by atoms with Crippen LogP contribution in [0.5, 0.6) is 0 Å². The van der Waals surface area contributed by atoms with Crippen LogP contribution in [-0.2, 0) is 9.53 Å². The molecule has 19 heavy (non-hydrogen) atoms. The fourth-order valence-electron chi connectivity index (χ4n) is 2.08. The number of benzene rings is 1. The van der Waals surface area contributed by atoms with Gasteiger partial charge in [-0.15, -0.1) is 0 Å². The molecule has 1 aliphatic rings. The summed E-state index contributed by atoms with van der Waals surface area (Å²) >= 11 is 0. The quantitative estimate of drug-likeness (QED) is 0.875. The number of aromatic carboxylic acids is 1. The number of rotatable bonds is 3. The fourth-order valence-corrected chi connectivity index (χ4v) is 2.08. The standard InChI is InChI=1S/C14H17NO4/c1-9-2-3-11(14(17)18)8-12(9)15-13(16)10-4-6-19-7-5-10/h2-3,8,10H,4-7H2,1H3,(H,15,16)(H,17,18). The van der Waals surface area contributed by atoms with Crippen LogP contribution in [0.1, 0.15) is 28.8 Å². The van der Waals surface area contributed by atoms with Gasteiger partial charge in [0.2, 0.25) is 5.91 Å². The van der Waals surface area contributed by atoms with E-state index in [1.54, 1.807) is 6.07 Å². The third-order valence-corrected chi connectivity index (χ3v) is 3.33. The molecule has 1 saturated heterocycles. The molecule has 5 heteroatoms. The molecule has 2 rings (SSSR count). The third kappa shape index (κ3) is 3.32. The van der Waals surface area contributed by atoms with Gasteiger partial charge in [0.05, 0.1) is 5.56 Å². The van der Waals surface area contributed by atoms with E-state index in [4.69, 9.17) is 9.84 Å². The number of hydrogen-bond acceptors (Lipinski definition) is 3. The van der Waals surface area contributed by atoms with Crippen LogP contribution in [-0.4, -0.2) is 30.2 Å². The topological polar surface area (TPSA) is 75.6 Å². The Morgan fingerprint density at radius 1 is 1.32 bits per heavy atom. The molecule has 0 aromatic heterocycles. The lowest BCUT2D eigenvalue weighted by Crippen LogP contribution is -2.28. The molecule has 1 aromatic rings. The molecular formula is C14H17NO4. The van der Waals surface area contributed by atoms with Crippen molar-refractivity contribution in [1.82, 2.24) is 0 Å². The number of hydrogen-bond donors (Lipinski definition) is 2. The Labute approximate surface area is 111 Å². The van der Waals surface area contributed by atoms with Gasteiger partial charge in [-0.05, 0) is 37.5 Å². The molecule has 5 nitrogen and oxygen atoms in total. The lowest BCUT2D eigenvalue weighted by Gasteiger charge is -2.21. The summed E-state index contributed by atoms with van der Waals surface area (Å²) in [6.07, 6.45) is 1.42. The molecule has 0 bridgehead atoms. The van der Waals surface area contributed by atoms with Gasteiger partial charge >= 0.3 is 5.97 Å². The van der Waals surface area contributed by atoms with Crippen LogP contribution in [0, 0.1) is 12.8 Å². The fraction of sp³-hybridized carbons (Fsp3) is 0.429. The summed E-state index contributed by atoms with van der Waals surface area (Å²) < 4.78 is 5.22. The van der Waals surface area contributed by atoms with Gasteiger partial charge in [0.1, 0.15) is 0 Å². The van der Waals surface area contributed by atoms with E-state index >= 15 is 0 Å². The van der Waals surface area contributed by atoms with Crippen molar-refractivity contribution in [2.24, 2.45) is 5.92 Å². The molecule has 0 saturated carbocycles. The van der Waals surface area contributed by atoms with Crippen molar-refractivity contribution in [2.75, 3.05) is 18.5 Å². The van der Waals surface area contributed by atoms with E-state index in [1.807, 2.05) is 6.92 Å². The first-order valence-corrected chi connectivity index (χ1v) is 6.30. The normalized spacial score (nSPS) is 16.1. The van der Waals surface area contributed by atoms with Gasteiger partial charge < -0.3 is 15.2 Å². The molecule has 1 fully saturated rings. The van der Waals surface area contributed by atoms with Gasteiger partial charge in [-0.3, -0.25) is 4.79 Å². The number of carboxylic acid groups (broad SMARTS) is 1. The van der Waals surface area contributed by atoms with E-state index in [2.05, 4.69) is 5.32 Å². The lowest BCUT2D eigenvalue weighted by molar-refractivity contribution is -0.122. The third-order valence-electron chi connectivity index (χ3n) is 3.33. The minimum absolute atomic E-state index is 0.0540. The van der Waals surface area contributed by atoms with E-state index in [9.17, 15) is 9.59 Å². The van der Waals surface area contributed by atoms with Crippen molar-refractivity contribution in [2.45, 2.75) is 19.8 Å². The number of carbonyl (C=O) groups excluding carboxylic acids is 1. The van der Waals surface area contributed by atoms with Gasteiger partial charge in [0.15, 0.2) is 0 Å². The van der Waals surface area contributed by atoms with E-state index in [0.29, 0.717) is 31.7 Å². The number of aryl methyl sites for hydroxylation is 1. The van der Waals surface area contributed by atoms with E-state index in [1.165, 1.54) is 12.1 Å². The molecule has 0 spiro atoms. The summed E-state index contributed by atoms with van der Waals surface area (Å²) in [5.41, 5.74) is 1.59. The van der Waals surface area contributed by atoms with Gasteiger partial charge in [0, 0.05) is 24.8 Å². The Morgan fingerprint density at radius 3 is 2.63 bits per heavy atom. The molecular weight excluding hydrogens is 246 g/mol. The maximum Gasteiger partial charge on any atom is 0.335 e. The van der Waals surface area contributed by atoms with Crippen LogP contribution in [0.25, 0.3) is 0 Å². The number of anilines is 1. The number of carboxylic acids is 1. The Morgan fingerprint density at radius 2 is 2.00 bits per heavy atom. The van der Waals surface area contributed by atoms with E-state index in [-0.39, 0.29) is 17.4 Å². The summed E-state index contributed by atoms with van der Waals surface area (Å²) in [6.45, 7) is 3.05. The number of amides is 1. The van der Waals surface area contributed by atoms with Crippen molar-refractivity contribution in [3.63, 3.8) is 0 Å². The summed E-state index contributed by atoms with van der Waals surface area (Å²) in [5, 5.41) is 11.8. The molecule has 1 amide bonds. The van der Waals surface area contributed by atoms with Crippen molar-refractivity contribution < 1.29 is 19.4 Å². The molecule has 1 aromatic carbocycles. The Kier molecular flexibility index (Phi) is 4.16. The van der Waals surface area contributed by atoms with Gasteiger partial charge in [-0.2, -0.15) is 0 Å². The van der Waals surface area contributed by atoms with Crippen LogP contribution in [0.2, 0.25) is 0 Å². The minimum atomic E-state index is -0.999. The van der Waals surface area contributed by atoms with Crippen molar-refractivity contribution in [1.29, 1.82) is 0 Å². The first-order valence-electron chi connectivity index (χ1n) is 6.30. The molecule has 102 valence electrons. The molecule has 0 aliphatic carbocycles. The summed E-state index contributed by atoms with van der Waals surface area (Å²) in [6, 6.07) is 4.72. The molecule has 0 radical (unpaired) electrons. The van der Waals surface area contributed by atoms with Gasteiger partial charge in [0.25, 0.3) is 0 Å². The smallest absolute Gasteiger partial charge is 0.335 e. The highest BCUT2D eigenvalue weighted by Gasteiger charge is 2.22. The zero-order valence-electron chi connectivity index (χ0n) is 10.8. The highest BCUT2D eigenvalue weighted by molar-refractivity contribution is 5.95. The Hall–Kier alpha value is -1.88. The summed E-state index contributed by atoms with van der Waals surface area (Å²) in [5.74, 6) is -1.11. The molecule has 0 atom stereocenters. The Bertz CT molecular complexity index is 492. The number of nitrogens with one attached hydrogen (secondary N) is 1. The predicted octanol–water partition coefficient (Wildman–Crippen LogP) is 2.06. The molecule has 1 heterocycles. The zero-order valence-corrected chi connectivity index (χ0v) is 10.8. The second-order valence-corrected chi connectivity index (χ2v) is 4.71. The maximum atomic E-state index is 12.1. The second-order valence-electron chi connectivity index (χ2n) is 4.71. The SMILES string of the molecule is Cc1ccc(C(=O)O)cc1NC(=O)C1CCOCC1. The lowest BCUT2D eigenvalue weighted by atomic mass is 9.99. The van der Waals surface area contributed by atoms with E-state index in [0.717, 1.165) is 5.56 Å². The van der Waals surface area contributed by atoms with Crippen molar-refractivity contribution >= 4 is 17.6 Å². The van der Waals surface area contributed by atoms with Crippen molar-refractivity contribution in [3.8, 4) is 0 Å². The number of ether oxygens (including phenoxy) is 1. The van der Waals surface area contributed by atoms with Crippen LogP contribution >= 0.6 is 0 Å². The van der Waals surface area contributed by atoms with Crippen LogP contribution in [0.3, 0.4) is 0 Å². The number of carbonyl (C=O) groups is 2. The highest BCUT2D eigenvalue weighted by atomic mass is 16.5. The average Bonchev–Trinajstić information content (AvgIpc) is 2.42. The van der Waals surface area contributed by atoms with Crippen LogP contribution in [0.4, 0.5) is 5.69 Å². The maximum absolute atomic E-state index is 12.1. The first kappa shape index (κ1) is 13.5. The van der Waals surface area contributed by atoms with Crippen molar-refractivity contribution in [3.05, 3.63) is 29.3 Å². The van der Waals surface area contributed by atoms with Gasteiger partial charge in [-0.25, -0.2) is 4.79 Å². The van der Waals surface area contributed by atoms with Crippen LogP contribution < -0.4 is 5.32 Å². The predicted molar refractivity (Wildman–Crippen MR) is 70.3 cm³/mol. The molecule has 1 aliphatic heterocycles.